The first-order valence-corrected chi connectivity index (χ1v) is 8.82. The van der Waals surface area contributed by atoms with Crippen molar-refractivity contribution in [2.75, 3.05) is 5.75 Å². The summed E-state index contributed by atoms with van der Waals surface area (Å²) in [6, 6.07) is 11.2. The van der Waals surface area contributed by atoms with Gasteiger partial charge in [-0.15, -0.1) is 0 Å². The van der Waals surface area contributed by atoms with Crippen LogP contribution in [-0.4, -0.2) is 19.2 Å². The number of aromatic nitrogens is 1. The van der Waals surface area contributed by atoms with E-state index in [2.05, 4.69) is 9.71 Å². The van der Waals surface area contributed by atoms with Gasteiger partial charge in [0.2, 0.25) is 15.9 Å². The standard InChI is InChI=1S/C16H20N2O3S/c1-3-11-22(19,20)18-12-14-8-6-10-17-16(14)21-15-9-5-4-7-13(15)2/h4-10,18H,3,11-12H2,1-2H3. The maximum absolute atomic E-state index is 11.8. The molecule has 0 amide bonds. The van der Waals surface area contributed by atoms with Crippen LogP contribution in [0.1, 0.15) is 24.5 Å². The number of nitrogens with one attached hydrogen (secondary N) is 1. The quantitative estimate of drug-likeness (QED) is 0.851. The first-order valence-electron chi connectivity index (χ1n) is 7.16. The van der Waals surface area contributed by atoms with Crippen molar-refractivity contribution in [1.82, 2.24) is 9.71 Å². The lowest BCUT2D eigenvalue weighted by molar-refractivity contribution is 0.452. The Labute approximate surface area is 131 Å². The van der Waals surface area contributed by atoms with Crippen molar-refractivity contribution in [3.8, 4) is 11.6 Å². The van der Waals surface area contributed by atoms with Crippen LogP contribution in [0.15, 0.2) is 42.6 Å². The van der Waals surface area contributed by atoms with E-state index in [0.29, 0.717) is 23.6 Å². The summed E-state index contributed by atoms with van der Waals surface area (Å²) in [5, 5.41) is 0. The Morgan fingerprint density at radius 1 is 1.18 bits per heavy atom. The van der Waals surface area contributed by atoms with E-state index in [-0.39, 0.29) is 12.3 Å². The molecule has 0 aliphatic rings. The summed E-state index contributed by atoms with van der Waals surface area (Å²) in [7, 11) is -3.26. The normalized spacial score (nSPS) is 11.4. The Morgan fingerprint density at radius 3 is 2.68 bits per heavy atom. The van der Waals surface area contributed by atoms with Crippen LogP contribution < -0.4 is 9.46 Å². The van der Waals surface area contributed by atoms with E-state index in [4.69, 9.17) is 4.74 Å². The highest BCUT2D eigenvalue weighted by atomic mass is 32.2. The smallest absolute Gasteiger partial charge is 0.223 e. The summed E-state index contributed by atoms with van der Waals surface area (Å²) < 4.78 is 31.9. The molecule has 0 bridgehead atoms. The van der Waals surface area contributed by atoms with Crippen LogP contribution in [0.2, 0.25) is 0 Å². The van der Waals surface area contributed by atoms with E-state index in [9.17, 15) is 8.42 Å². The van der Waals surface area contributed by atoms with Crippen LogP contribution in [0.4, 0.5) is 0 Å². The van der Waals surface area contributed by atoms with Gasteiger partial charge in [0, 0.05) is 18.3 Å². The Balaban J connectivity index is 2.15. The molecule has 118 valence electrons. The van der Waals surface area contributed by atoms with E-state index in [1.807, 2.05) is 38.1 Å². The molecular formula is C16H20N2O3S. The highest BCUT2D eigenvalue weighted by Crippen LogP contribution is 2.25. The lowest BCUT2D eigenvalue weighted by atomic mass is 10.2. The van der Waals surface area contributed by atoms with Crippen molar-refractivity contribution in [2.24, 2.45) is 0 Å². The zero-order valence-electron chi connectivity index (χ0n) is 12.7. The van der Waals surface area contributed by atoms with Crippen LogP contribution in [0.5, 0.6) is 11.6 Å². The lowest BCUT2D eigenvalue weighted by Gasteiger charge is -2.12. The number of nitrogens with zero attached hydrogens (tertiary/aromatic N) is 1. The number of sulfonamides is 1. The molecule has 0 unspecified atom stereocenters. The predicted octanol–water partition coefficient (Wildman–Crippen LogP) is 3.01. The summed E-state index contributed by atoms with van der Waals surface area (Å²) in [6.07, 6.45) is 2.20. The molecule has 0 radical (unpaired) electrons. The average molecular weight is 320 g/mol. The van der Waals surface area contributed by atoms with Gasteiger partial charge in [0.15, 0.2) is 0 Å². The van der Waals surface area contributed by atoms with Crippen LogP contribution in [-0.2, 0) is 16.6 Å². The molecule has 5 nitrogen and oxygen atoms in total. The summed E-state index contributed by atoms with van der Waals surface area (Å²) >= 11 is 0. The van der Waals surface area contributed by atoms with Gasteiger partial charge in [-0.05, 0) is 31.0 Å². The monoisotopic (exact) mass is 320 g/mol. The van der Waals surface area contributed by atoms with Crippen molar-refractivity contribution in [3.05, 3.63) is 53.7 Å². The first-order chi connectivity index (χ1) is 10.5. The van der Waals surface area contributed by atoms with E-state index in [1.54, 1.807) is 18.3 Å². The minimum Gasteiger partial charge on any atom is -0.438 e. The molecule has 1 aromatic heterocycles. The van der Waals surface area contributed by atoms with Gasteiger partial charge in [-0.1, -0.05) is 31.2 Å². The van der Waals surface area contributed by atoms with Gasteiger partial charge in [0.05, 0.1) is 5.75 Å². The highest BCUT2D eigenvalue weighted by molar-refractivity contribution is 7.89. The van der Waals surface area contributed by atoms with E-state index in [1.165, 1.54) is 0 Å². The van der Waals surface area contributed by atoms with Crippen molar-refractivity contribution in [1.29, 1.82) is 0 Å². The fourth-order valence-electron chi connectivity index (χ4n) is 1.95. The topological polar surface area (TPSA) is 68.3 Å². The molecular weight excluding hydrogens is 300 g/mol. The molecule has 1 heterocycles. The third-order valence-corrected chi connectivity index (χ3v) is 4.64. The van der Waals surface area contributed by atoms with E-state index < -0.39 is 10.0 Å². The second kappa shape index (κ2) is 7.38. The van der Waals surface area contributed by atoms with Gasteiger partial charge in [0.1, 0.15) is 5.75 Å². The van der Waals surface area contributed by atoms with Crippen molar-refractivity contribution >= 4 is 10.0 Å². The predicted molar refractivity (Wildman–Crippen MR) is 86.4 cm³/mol. The largest absolute Gasteiger partial charge is 0.438 e. The maximum Gasteiger partial charge on any atom is 0.223 e. The molecule has 1 N–H and O–H groups in total. The van der Waals surface area contributed by atoms with Gasteiger partial charge in [0.25, 0.3) is 0 Å². The highest BCUT2D eigenvalue weighted by Gasteiger charge is 2.12. The van der Waals surface area contributed by atoms with Crippen LogP contribution in [0, 0.1) is 6.92 Å². The van der Waals surface area contributed by atoms with Gasteiger partial charge in [-0.2, -0.15) is 0 Å². The Hall–Kier alpha value is -1.92. The van der Waals surface area contributed by atoms with Gasteiger partial charge < -0.3 is 4.74 Å². The number of hydrogen-bond donors (Lipinski definition) is 1. The van der Waals surface area contributed by atoms with Crippen molar-refractivity contribution in [3.63, 3.8) is 0 Å². The molecule has 1 aromatic carbocycles. The third kappa shape index (κ3) is 4.54. The minimum atomic E-state index is -3.26. The number of para-hydroxylation sites is 1. The molecule has 2 rings (SSSR count). The van der Waals surface area contributed by atoms with E-state index >= 15 is 0 Å². The summed E-state index contributed by atoms with van der Waals surface area (Å²) in [5.41, 5.74) is 1.69. The van der Waals surface area contributed by atoms with Gasteiger partial charge in [-0.3, -0.25) is 0 Å². The van der Waals surface area contributed by atoms with E-state index in [0.717, 1.165) is 5.56 Å². The fraction of sp³-hybridized carbons (Fsp3) is 0.312. The van der Waals surface area contributed by atoms with Gasteiger partial charge >= 0.3 is 0 Å². The SMILES string of the molecule is CCCS(=O)(=O)NCc1cccnc1Oc1ccccc1C. The third-order valence-electron chi connectivity index (χ3n) is 3.11. The summed E-state index contributed by atoms with van der Waals surface area (Å²) in [4.78, 5) is 4.20. The number of pyridine rings is 1. The molecule has 22 heavy (non-hydrogen) atoms. The summed E-state index contributed by atoms with van der Waals surface area (Å²) in [5.74, 6) is 1.23. The minimum absolute atomic E-state index is 0.112. The Morgan fingerprint density at radius 2 is 1.95 bits per heavy atom. The Bertz CT molecular complexity index is 730. The molecule has 0 fully saturated rings. The lowest BCUT2D eigenvalue weighted by Crippen LogP contribution is -2.25. The van der Waals surface area contributed by atoms with Crippen LogP contribution >= 0.6 is 0 Å². The molecule has 0 atom stereocenters. The summed E-state index contributed by atoms with van der Waals surface area (Å²) in [6.45, 7) is 3.94. The average Bonchev–Trinajstić information content (AvgIpc) is 2.49. The number of rotatable bonds is 7. The molecule has 2 aromatic rings. The molecule has 0 aliphatic heterocycles. The van der Waals surface area contributed by atoms with Crippen LogP contribution in [0.3, 0.4) is 0 Å². The number of benzene rings is 1. The van der Waals surface area contributed by atoms with Gasteiger partial charge in [-0.25, -0.2) is 18.1 Å². The molecule has 0 aliphatic carbocycles. The zero-order valence-corrected chi connectivity index (χ0v) is 13.6. The molecule has 0 spiro atoms. The number of hydrogen-bond acceptors (Lipinski definition) is 4. The zero-order chi connectivity index (χ0) is 16.0. The second-order valence-corrected chi connectivity index (χ2v) is 6.90. The molecule has 6 heteroatoms. The number of ether oxygens (including phenoxy) is 1. The second-order valence-electron chi connectivity index (χ2n) is 4.98. The fourth-order valence-corrected chi connectivity index (χ4v) is 3.01. The number of aryl methyl sites for hydroxylation is 1. The maximum atomic E-state index is 11.8. The van der Waals surface area contributed by atoms with Crippen LogP contribution in [0.25, 0.3) is 0 Å². The Kier molecular flexibility index (Phi) is 5.51. The van der Waals surface area contributed by atoms with Crippen molar-refractivity contribution in [2.45, 2.75) is 26.8 Å². The molecule has 0 saturated heterocycles. The first kappa shape index (κ1) is 16.5. The molecule has 0 saturated carbocycles. The van der Waals surface area contributed by atoms with Crippen molar-refractivity contribution < 1.29 is 13.2 Å².